The van der Waals surface area contributed by atoms with Gasteiger partial charge in [-0.1, -0.05) is 41.2 Å². The van der Waals surface area contributed by atoms with E-state index in [0.29, 0.717) is 17.5 Å². The van der Waals surface area contributed by atoms with Gasteiger partial charge in [0.2, 0.25) is 10.9 Å². The second kappa shape index (κ2) is 9.75. The Balaban J connectivity index is 1.43. The lowest BCUT2D eigenvalue weighted by Gasteiger charge is -2.31. The van der Waals surface area contributed by atoms with E-state index in [-0.39, 0.29) is 11.8 Å². The van der Waals surface area contributed by atoms with Gasteiger partial charge in [0.05, 0.1) is 6.54 Å². The summed E-state index contributed by atoms with van der Waals surface area (Å²) in [6, 6.07) is 8.08. The van der Waals surface area contributed by atoms with E-state index in [2.05, 4.69) is 25.7 Å². The molecule has 2 heterocycles. The van der Waals surface area contributed by atoms with E-state index in [1.807, 2.05) is 31.2 Å². The van der Waals surface area contributed by atoms with Crippen LogP contribution in [0.3, 0.4) is 0 Å². The number of benzene rings is 1. The number of nitrogens with one attached hydrogen (secondary N) is 2. The summed E-state index contributed by atoms with van der Waals surface area (Å²) in [5.41, 5.74) is 2.26. The fraction of sp³-hybridized carbons (Fsp3) is 0.500. The number of carbonyl (C=O) groups excluding carboxylic acids is 2. The van der Waals surface area contributed by atoms with Crippen LogP contribution >= 0.6 is 11.3 Å². The van der Waals surface area contributed by atoms with Crippen molar-refractivity contribution in [3.05, 3.63) is 45.4 Å². The van der Waals surface area contributed by atoms with Crippen molar-refractivity contribution in [3.63, 3.8) is 0 Å². The van der Waals surface area contributed by atoms with Gasteiger partial charge in [-0.25, -0.2) is 0 Å². The molecule has 1 aliphatic rings. The lowest BCUT2D eigenvalue weighted by Crippen LogP contribution is -2.37. The van der Waals surface area contributed by atoms with Crippen molar-refractivity contribution in [1.82, 2.24) is 25.7 Å². The highest BCUT2D eigenvalue weighted by Crippen LogP contribution is 2.20. The third-order valence-corrected chi connectivity index (χ3v) is 5.85. The summed E-state index contributed by atoms with van der Waals surface area (Å²) in [5.74, 6) is 0.389. The minimum atomic E-state index is -0.182. The van der Waals surface area contributed by atoms with E-state index in [9.17, 15) is 9.59 Å². The summed E-state index contributed by atoms with van der Waals surface area (Å²) in [7, 11) is 0. The molecule has 0 bridgehead atoms. The SMILES string of the molecule is CC(=O)NCC1CCN(Cc2nnc(C(=O)NCc3ccc(C)cc3)s2)CC1. The number of aryl methyl sites for hydroxylation is 1. The zero-order chi connectivity index (χ0) is 19.9. The normalized spacial score (nSPS) is 15.4. The molecule has 0 radical (unpaired) electrons. The summed E-state index contributed by atoms with van der Waals surface area (Å²) in [6.07, 6.45) is 2.12. The molecule has 0 aliphatic carbocycles. The Morgan fingerprint density at radius 1 is 1.14 bits per heavy atom. The topological polar surface area (TPSA) is 87.2 Å². The largest absolute Gasteiger partial charge is 0.356 e. The number of carbonyl (C=O) groups is 2. The molecule has 0 spiro atoms. The third kappa shape index (κ3) is 6.10. The minimum absolute atomic E-state index is 0.0319. The summed E-state index contributed by atoms with van der Waals surface area (Å²) in [6.45, 7) is 7.49. The van der Waals surface area contributed by atoms with E-state index in [1.54, 1.807) is 6.92 Å². The van der Waals surface area contributed by atoms with Gasteiger partial charge in [-0.2, -0.15) is 0 Å². The summed E-state index contributed by atoms with van der Waals surface area (Å²) in [4.78, 5) is 25.7. The molecule has 3 rings (SSSR count). The highest BCUT2D eigenvalue weighted by atomic mass is 32.1. The van der Waals surface area contributed by atoms with E-state index < -0.39 is 0 Å². The highest BCUT2D eigenvalue weighted by molar-refractivity contribution is 7.13. The molecule has 28 heavy (non-hydrogen) atoms. The van der Waals surface area contributed by atoms with Crippen molar-refractivity contribution in [2.24, 2.45) is 5.92 Å². The molecule has 1 saturated heterocycles. The van der Waals surface area contributed by atoms with Crippen LogP contribution < -0.4 is 10.6 Å². The maximum atomic E-state index is 12.3. The molecule has 1 fully saturated rings. The lowest BCUT2D eigenvalue weighted by molar-refractivity contribution is -0.119. The van der Waals surface area contributed by atoms with E-state index in [4.69, 9.17) is 0 Å². The van der Waals surface area contributed by atoms with E-state index >= 15 is 0 Å². The molecule has 7 nitrogen and oxygen atoms in total. The van der Waals surface area contributed by atoms with Gasteiger partial charge in [-0.3, -0.25) is 14.5 Å². The highest BCUT2D eigenvalue weighted by Gasteiger charge is 2.21. The van der Waals surface area contributed by atoms with Gasteiger partial charge in [0.15, 0.2) is 0 Å². The number of likely N-dealkylation sites (tertiary alicyclic amines) is 1. The molecule has 0 atom stereocenters. The molecule has 0 unspecified atom stereocenters. The zero-order valence-electron chi connectivity index (χ0n) is 16.4. The zero-order valence-corrected chi connectivity index (χ0v) is 17.2. The van der Waals surface area contributed by atoms with Crippen molar-refractivity contribution >= 4 is 23.2 Å². The van der Waals surface area contributed by atoms with Gasteiger partial charge in [0.25, 0.3) is 5.91 Å². The molecule has 150 valence electrons. The van der Waals surface area contributed by atoms with Crippen LogP contribution in [0.2, 0.25) is 0 Å². The first-order valence-corrected chi connectivity index (χ1v) is 10.4. The van der Waals surface area contributed by atoms with Crippen LogP contribution in [-0.2, 0) is 17.9 Å². The summed E-state index contributed by atoms with van der Waals surface area (Å²) in [5, 5.41) is 15.3. The quantitative estimate of drug-likeness (QED) is 0.742. The Labute approximate surface area is 169 Å². The maximum absolute atomic E-state index is 12.3. The second-order valence-electron chi connectivity index (χ2n) is 7.33. The molecule has 8 heteroatoms. The third-order valence-electron chi connectivity index (χ3n) is 4.94. The van der Waals surface area contributed by atoms with Gasteiger partial charge in [-0.15, -0.1) is 10.2 Å². The van der Waals surface area contributed by atoms with Crippen molar-refractivity contribution in [3.8, 4) is 0 Å². The van der Waals surface area contributed by atoms with Crippen LogP contribution in [0.25, 0.3) is 0 Å². The van der Waals surface area contributed by atoms with E-state index in [0.717, 1.165) is 49.6 Å². The van der Waals surface area contributed by atoms with Crippen molar-refractivity contribution < 1.29 is 9.59 Å². The monoisotopic (exact) mass is 401 g/mol. The average molecular weight is 402 g/mol. The van der Waals surface area contributed by atoms with Crippen LogP contribution in [0.15, 0.2) is 24.3 Å². The average Bonchev–Trinajstić information content (AvgIpc) is 3.15. The lowest BCUT2D eigenvalue weighted by atomic mass is 9.97. The van der Waals surface area contributed by atoms with Crippen molar-refractivity contribution in [2.45, 2.75) is 39.8 Å². The van der Waals surface area contributed by atoms with Gasteiger partial charge < -0.3 is 10.6 Å². The molecular weight excluding hydrogens is 374 g/mol. The number of aromatic nitrogens is 2. The minimum Gasteiger partial charge on any atom is -0.356 e. The predicted octanol–water partition coefficient (Wildman–Crippen LogP) is 2.12. The van der Waals surface area contributed by atoms with Crippen molar-refractivity contribution in [1.29, 1.82) is 0 Å². The van der Waals surface area contributed by atoms with Gasteiger partial charge in [0.1, 0.15) is 5.01 Å². The van der Waals surface area contributed by atoms with Crippen LogP contribution in [0.5, 0.6) is 0 Å². The fourth-order valence-corrected chi connectivity index (χ4v) is 4.00. The first-order chi connectivity index (χ1) is 13.5. The molecule has 2 N–H and O–H groups in total. The molecular formula is C20H27N5O2S. The smallest absolute Gasteiger partial charge is 0.282 e. The number of nitrogens with zero attached hydrogens (tertiary/aromatic N) is 3. The molecule has 2 amide bonds. The Kier molecular flexibility index (Phi) is 7.11. The second-order valence-corrected chi connectivity index (χ2v) is 8.39. The Morgan fingerprint density at radius 2 is 1.86 bits per heavy atom. The Morgan fingerprint density at radius 3 is 2.54 bits per heavy atom. The predicted molar refractivity (Wildman–Crippen MR) is 109 cm³/mol. The Bertz CT molecular complexity index is 797. The molecule has 1 aromatic carbocycles. The van der Waals surface area contributed by atoms with Gasteiger partial charge >= 0.3 is 0 Å². The molecule has 1 aromatic heterocycles. The Hall–Kier alpha value is -2.32. The molecule has 0 saturated carbocycles. The number of piperidine rings is 1. The maximum Gasteiger partial charge on any atom is 0.282 e. The van der Waals surface area contributed by atoms with Crippen molar-refractivity contribution in [2.75, 3.05) is 19.6 Å². The van der Waals surface area contributed by atoms with E-state index in [1.165, 1.54) is 16.9 Å². The first-order valence-electron chi connectivity index (χ1n) is 9.62. The summed E-state index contributed by atoms with van der Waals surface area (Å²) >= 11 is 1.35. The van der Waals surface area contributed by atoms with Crippen LogP contribution in [0.4, 0.5) is 0 Å². The number of hydrogen-bond donors (Lipinski definition) is 2. The first kappa shape index (κ1) is 20.4. The van der Waals surface area contributed by atoms with Crippen LogP contribution in [0, 0.1) is 12.8 Å². The standard InChI is InChI=1S/C20H27N5O2S/c1-14-3-5-16(6-4-14)12-22-19(27)20-24-23-18(28-20)13-25-9-7-17(8-10-25)11-21-15(2)26/h3-6,17H,7-13H2,1-2H3,(H,21,26)(H,22,27). The number of hydrogen-bond acceptors (Lipinski definition) is 6. The molecule has 2 aromatic rings. The van der Waals surface area contributed by atoms with Crippen LogP contribution in [0.1, 0.15) is 45.7 Å². The summed E-state index contributed by atoms with van der Waals surface area (Å²) < 4.78 is 0. The van der Waals surface area contributed by atoms with Gasteiger partial charge in [0, 0.05) is 20.0 Å². The number of amides is 2. The molecule has 1 aliphatic heterocycles. The fourth-order valence-electron chi connectivity index (χ4n) is 3.20. The van der Waals surface area contributed by atoms with Gasteiger partial charge in [-0.05, 0) is 44.3 Å². The van der Waals surface area contributed by atoms with Crippen LogP contribution in [-0.4, -0.2) is 46.5 Å². The number of rotatable bonds is 7.